The van der Waals surface area contributed by atoms with Crippen LogP contribution in [0.15, 0.2) is 23.2 Å². The highest BCUT2D eigenvalue weighted by Gasteiger charge is 2.18. The number of halogens is 1. The second-order valence-corrected chi connectivity index (χ2v) is 6.95. The third-order valence-electron chi connectivity index (χ3n) is 4.86. The molecule has 0 saturated carbocycles. The first-order chi connectivity index (χ1) is 13.7. The van der Waals surface area contributed by atoms with E-state index in [1.54, 1.807) is 6.92 Å². The Labute approximate surface area is 190 Å². The van der Waals surface area contributed by atoms with Crippen LogP contribution in [0.25, 0.3) is 0 Å². The molecule has 0 atom stereocenters. The molecule has 0 radical (unpaired) electrons. The van der Waals surface area contributed by atoms with Gasteiger partial charge in [-0.2, -0.15) is 0 Å². The molecule has 29 heavy (non-hydrogen) atoms. The lowest BCUT2D eigenvalue weighted by Gasteiger charge is -2.33. The van der Waals surface area contributed by atoms with Crippen molar-refractivity contribution in [3.05, 3.63) is 18.2 Å². The largest absolute Gasteiger partial charge is 0.490 e. The van der Waals surface area contributed by atoms with Crippen LogP contribution in [-0.4, -0.2) is 80.7 Å². The van der Waals surface area contributed by atoms with Crippen LogP contribution in [0.1, 0.15) is 20.3 Å². The van der Waals surface area contributed by atoms with Crippen LogP contribution in [-0.2, 0) is 4.79 Å². The molecule has 2 N–H and O–H groups in total. The summed E-state index contributed by atoms with van der Waals surface area (Å²) in [6.07, 6.45) is 0.891. The molecule has 1 aromatic carbocycles. The lowest BCUT2D eigenvalue weighted by molar-refractivity contribution is -0.130. The number of ether oxygens (including phenoxy) is 2. The summed E-state index contributed by atoms with van der Waals surface area (Å²) in [5.74, 6) is 2.46. The zero-order valence-electron chi connectivity index (χ0n) is 17.3. The standard InChI is InChI=1S/C20H31N5O3.HI/c1-3-21-20(22-7-8-24-9-11-25(12-10-24)16(2)26)23-17-5-6-18-19(15-17)28-14-4-13-27-18;/h5-6,15H,3-4,7-14H2,1-2H3,(H2,21,22,23);1H. The SMILES string of the molecule is CCNC(=NCCN1CCN(C(C)=O)CC1)Nc1ccc2c(c1)OCCCO2.I. The minimum Gasteiger partial charge on any atom is -0.490 e. The molecular formula is C20H32IN5O3. The Kier molecular flexibility index (Phi) is 9.79. The van der Waals surface area contributed by atoms with Gasteiger partial charge in [0.05, 0.1) is 19.8 Å². The van der Waals surface area contributed by atoms with Gasteiger partial charge < -0.3 is 25.0 Å². The van der Waals surface area contributed by atoms with Crippen LogP contribution in [0.3, 0.4) is 0 Å². The quantitative estimate of drug-likeness (QED) is 0.354. The van der Waals surface area contributed by atoms with Gasteiger partial charge in [-0.1, -0.05) is 0 Å². The zero-order chi connectivity index (χ0) is 19.8. The van der Waals surface area contributed by atoms with E-state index in [-0.39, 0.29) is 29.9 Å². The molecule has 9 heteroatoms. The fraction of sp³-hybridized carbons (Fsp3) is 0.600. The van der Waals surface area contributed by atoms with E-state index in [0.717, 1.165) is 68.8 Å². The molecule has 0 spiro atoms. The predicted octanol–water partition coefficient (Wildman–Crippen LogP) is 2.01. The molecule has 3 rings (SSSR count). The molecule has 1 saturated heterocycles. The molecule has 0 aromatic heterocycles. The first-order valence-electron chi connectivity index (χ1n) is 10.1. The summed E-state index contributed by atoms with van der Waals surface area (Å²) in [6.45, 7) is 10.8. The number of anilines is 1. The average molecular weight is 517 g/mol. The first kappa shape index (κ1) is 23.5. The number of carbonyl (C=O) groups is 1. The van der Waals surface area contributed by atoms with E-state index in [9.17, 15) is 4.79 Å². The lowest BCUT2D eigenvalue weighted by atomic mass is 10.3. The molecule has 1 amide bonds. The van der Waals surface area contributed by atoms with Crippen molar-refractivity contribution >= 4 is 41.5 Å². The molecule has 1 aromatic rings. The molecule has 162 valence electrons. The Morgan fingerprint density at radius 1 is 1.14 bits per heavy atom. The number of guanidine groups is 1. The summed E-state index contributed by atoms with van der Waals surface area (Å²) in [7, 11) is 0. The number of hydrogen-bond donors (Lipinski definition) is 2. The number of nitrogens with zero attached hydrogens (tertiary/aromatic N) is 3. The summed E-state index contributed by atoms with van der Waals surface area (Å²) in [5.41, 5.74) is 0.916. The topological polar surface area (TPSA) is 78.4 Å². The minimum atomic E-state index is 0. The summed E-state index contributed by atoms with van der Waals surface area (Å²) in [6, 6.07) is 5.86. The van der Waals surface area contributed by atoms with Gasteiger partial charge in [0.1, 0.15) is 0 Å². The van der Waals surface area contributed by atoms with Crippen LogP contribution in [0.4, 0.5) is 5.69 Å². The number of fused-ring (bicyclic) bond motifs is 1. The van der Waals surface area contributed by atoms with Gasteiger partial charge in [-0.25, -0.2) is 0 Å². The van der Waals surface area contributed by atoms with Gasteiger partial charge in [0.15, 0.2) is 17.5 Å². The normalized spacial score (nSPS) is 17.2. The molecule has 2 heterocycles. The van der Waals surface area contributed by atoms with Crippen molar-refractivity contribution in [3.8, 4) is 11.5 Å². The Morgan fingerprint density at radius 3 is 2.55 bits per heavy atom. The van der Waals surface area contributed by atoms with Crippen LogP contribution in [0.2, 0.25) is 0 Å². The maximum absolute atomic E-state index is 11.4. The second kappa shape index (κ2) is 12.1. The smallest absolute Gasteiger partial charge is 0.219 e. The van der Waals surface area contributed by atoms with Gasteiger partial charge >= 0.3 is 0 Å². The van der Waals surface area contributed by atoms with Crippen molar-refractivity contribution in [2.75, 3.05) is 64.3 Å². The third-order valence-corrected chi connectivity index (χ3v) is 4.86. The highest BCUT2D eigenvalue weighted by atomic mass is 127. The third kappa shape index (κ3) is 7.22. The predicted molar refractivity (Wildman–Crippen MR) is 126 cm³/mol. The highest BCUT2D eigenvalue weighted by molar-refractivity contribution is 14.0. The van der Waals surface area contributed by atoms with E-state index in [2.05, 4.69) is 20.5 Å². The van der Waals surface area contributed by atoms with E-state index in [0.29, 0.717) is 19.8 Å². The maximum atomic E-state index is 11.4. The highest BCUT2D eigenvalue weighted by Crippen LogP contribution is 2.32. The monoisotopic (exact) mass is 517 g/mol. The van der Waals surface area contributed by atoms with Crippen LogP contribution < -0.4 is 20.1 Å². The van der Waals surface area contributed by atoms with Gasteiger partial charge in [0.2, 0.25) is 5.91 Å². The molecule has 2 aliphatic heterocycles. The number of carbonyl (C=O) groups excluding carboxylic acids is 1. The van der Waals surface area contributed by atoms with Crippen LogP contribution >= 0.6 is 24.0 Å². The molecular weight excluding hydrogens is 485 g/mol. The van der Waals surface area contributed by atoms with E-state index >= 15 is 0 Å². The molecule has 0 aliphatic carbocycles. The van der Waals surface area contributed by atoms with Crippen molar-refractivity contribution in [2.45, 2.75) is 20.3 Å². The number of nitrogens with one attached hydrogen (secondary N) is 2. The lowest BCUT2D eigenvalue weighted by Crippen LogP contribution is -2.48. The maximum Gasteiger partial charge on any atom is 0.219 e. The van der Waals surface area contributed by atoms with Crippen LogP contribution in [0, 0.1) is 0 Å². The number of aliphatic imine (C=N–C) groups is 1. The van der Waals surface area contributed by atoms with Crippen LogP contribution in [0.5, 0.6) is 11.5 Å². The molecule has 8 nitrogen and oxygen atoms in total. The fourth-order valence-corrected chi connectivity index (χ4v) is 3.27. The van der Waals surface area contributed by atoms with Crippen molar-refractivity contribution < 1.29 is 14.3 Å². The number of rotatable bonds is 5. The van der Waals surface area contributed by atoms with Gasteiger partial charge in [-0.3, -0.25) is 14.7 Å². The van der Waals surface area contributed by atoms with Crippen molar-refractivity contribution in [2.24, 2.45) is 4.99 Å². The van der Waals surface area contributed by atoms with E-state index in [1.807, 2.05) is 30.0 Å². The zero-order valence-corrected chi connectivity index (χ0v) is 19.6. The molecule has 2 aliphatic rings. The van der Waals surface area contributed by atoms with Crippen molar-refractivity contribution in [1.29, 1.82) is 0 Å². The van der Waals surface area contributed by atoms with Gasteiger partial charge in [-0.15, -0.1) is 24.0 Å². The first-order valence-corrected chi connectivity index (χ1v) is 10.1. The van der Waals surface area contributed by atoms with Crippen molar-refractivity contribution in [3.63, 3.8) is 0 Å². The van der Waals surface area contributed by atoms with Gasteiger partial charge in [0, 0.05) is 64.4 Å². The Balaban J connectivity index is 0.00000300. The molecule has 1 fully saturated rings. The Morgan fingerprint density at radius 2 is 1.86 bits per heavy atom. The van der Waals surface area contributed by atoms with E-state index in [4.69, 9.17) is 9.47 Å². The Hall–Kier alpha value is -1.75. The second-order valence-electron chi connectivity index (χ2n) is 6.95. The summed E-state index contributed by atoms with van der Waals surface area (Å²) in [5, 5.41) is 6.62. The van der Waals surface area contributed by atoms with Gasteiger partial charge in [0.25, 0.3) is 0 Å². The Bertz CT molecular complexity index is 693. The summed E-state index contributed by atoms with van der Waals surface area (Å²) < 4.78 is 11.4. The average Bonchev–Trinajstić information content (AvgIpc) is 2.93. The number of piperazine rings is 1. The van der Waals surface area contributed by atoms with Gasteiger partial charge in [-0.05, 0) is 19.1 Å². The number of hydrogen-bond acceptors (Lipinski definition) is 5. The summed E-state index contributed by atoms with van der Waals surface area (Å²) in [4.78, 5) is 20.3. The summed E-state index contributed by atoms with van der Waals surface area (Å²) >= 11 is 0. The molecule has 0 unspecified atom stereocenters. The fourth-order valence-electron chi connectivity index (χ4n) is 3.27. The van der Waals surface area contributed by atoms with E-state index in [1.165, 1.54) is 0 Å². The van der Waals surface area contributed by atoms with E-state index < -0.39 is 0 Å². The number of amides is 1. The number of benzene rings is 1. The van der Waals surface area contributed by atoms with Crippen molar-refractivity contribution in [1.82, 2.24) is 15.1 Å². The minimum absolute atomic E-state index is 0. The molecule has 0 bridgehead atoms.